The van der Waals surface area contributed by atoms with Crippen LogP contribution in [0.2, 0.25) is 0 Å². The van der Waals surface area contributed by atoms with Crippen molar-refractivity contribution in [3.8, 4) is 0 Å². The molecule has 1 N–H and O–H groups in total. The van der Waals surface area contributed by atoms with Crippen LogP contribution in [-0.2, 0) is 5.33 Å². The average molecular weight is 248 g/mol. The van der Waals surface area contributed by atoms with E-state index in [0.717, 1.165) is 5.33 Å². The number of hydrogen-bond acceptors (Lipinski definition) is 1. The number of alkyl halides is 1. The third-order valence-corrected chi connectivity index (χ3v) is 2.93. The van der Waals surface area contributed by atoms with E-state index in [9.17, 15) is 0 Å². The minimum atomic E-state index is 0.323. The van der Waals surface area contributed by atoms with E-state index in [1.807, 2.05) is 12.3 Å². The van der Waals surface area contributed by atoms with Gasteiger partial charge >= 0.3 is 6.85 Å². The molecule has 0 aliphatic carbocycles. The topological polar surface area (TPSA) is 12.0 Å². The zero-order valence-corrected chi connectivity index (χ0v) is 9.37. The van der Waals surface area contributed by atoms with E-state index >= 15 is 0 Å². The standard InChI is InChI=1S/C11H11BBrN/c13-9-10-3-5-11(6-4-10)12-7-1-2-8-14-12/h1-8,14H,9H2. The van der Waals surface area contributed by atoms with Crippen LogP contribution in [0.1, 0.15) is 5.56 Å². The van der Waals surface area contributed by atoms with Crippen LogP contribution in [0.25, 0.3) is 0 Å². The molecule has 0 radical (unpaired) electrons. The van der Waals surface area contributed by atoms with Gasteiger partial charge in [0.15, 0.2) is 0 Å². The van der Waals surface area contributed by atoms with Crippen molar-refractivity contribution < 1.29 is 0 Å². The van der Waals surface area contributed by atoms with E-state index in [1.165, 1.54) is 11.0 Å². The van der Waals surface area contributed by atoms with Crippen molar-refractivity contribution in [2.75, 3.05) is 0 Å². The van der Waals surface area contributed by atoms with E-state index in [0.29, 0.717) is 6.85 Å². The van der Waals surface area contributed by atoms with Crippen LogP contribution in [-0.4, -0.2) is 6.85 Å². The summed E-state index contributed by atoms with van der Waals surface area (Å²) < 4.78 is 0. The second kappa shape index (κ2) is 4.51. The zero-order chi connectivity index (χ0) is 9.80. The molecule has 3 heteroatoms. The van der Waals surface area contributed by atoms with Gasteiger partial charge in [-0.2, -0.15) is 0 Å². The van der Waals surface area contributed by atoms with Gasteiger partial charge in [-0.15, -0.1) is 0 Å². The van der Waals surface area contributed by atoms with Crippen LogP contribution in [0.3, 0.4) is 0 Å². The number of halogens is 1. The number of allylic oxidation sites excluding steroid dienone is 2. The summed E-state index contributed by atoms with van der Waals surface area (Å²) >= 11 is 3.44. The summed E-state index contributed by atoms with van der Waals surface area (Å²) in [5.74, 6) is 2.16. The van der Waals surface area contributed by atoms with Gasteiger partial charge in [0.05, 0.1) is 0 Å². The van der Waals surface area contributed by atoms with Crippen molar-refractivity contribution in [2.24, 2.45) is 0 Å². The second-order valence-corrected chi connectivity index (χ2v) is 3.82. The van der Waals surface area contributed by atoms with Crippen molar-refractivity contribution in [3.63, 3.8) is 0 Å². The largest absolute Gasteiger partial charge is 0.427 e. The Morgan fingerprint density at radius 2 is 1.93 bits per heavy atom. The molecule has 0 spiro atoms. The number of hydrogen-bond donors (Lipinski definition) is 1. The number of rotatable bonds is 2. The maximum Gasteiger partial charge on any atom is 0.312 e. The maximum atomic E-state index is 3.44. The summed E-state index contributed by atoms with van der Waals surface area (Å²) in [4.78, 5) is 0. The molecule has 1 aliphatic rings. The van der Waals surface area contributed by atoms with Gasteiger partial charge in [0.25, 0.3) is 0 Å². The normalized spacial score (nSPS) is 14.2. The van der Waals surface area contributed by atoms with Crippen molar-refractivity contribution >= 4 is 28.2 Å². The van der Waals surface area contributed by atoms with E-state index in [1.54, 1.807) is 0 Å². The van der Waals surface area contributed by atoms with E-state index < -0.39 is 0 Å². The van der Waals surface area contributed by atoms with Gasteiger partial charge < -0.3 is 5.23 Å². The Balaban J connectivity index is 2.16. The lowest BCUT2D eigenvalue weighted by atomic mass is 9.55. The summed E-state index contributed by atoms with van der Waals surface area (Å²) in [6, 6.07) is 8.63. The fourth-order valence-corrected chi connectivity index (χ4v) is 1.84. The first-order chi connectivity index (χ1) is 6.90. The summed E-state index contributed by atoms with van der Waals surface area (Å²) in [5.41, 5.74) is 2.61. The first-order valence-electron chi connectivity index (χ1n) is 4.64. The molecule has 0 saturated heterocycles. The highest BCUT2D eigenvalue weighted by atomic mass is 79.9. The van der Waals surface area contributed by atoms with Crippen molar-refractivity contribution in [1.29, 1.82) is 0 Å². The molecule has 1 nitrogen and oxygen atoms in total. The SMILES string of the molecule is BrCc1ccc(B2C=CC=CN2)cc1. The van der Waals surface area contributed by atoms with Gasteiger partial charge in [0.1, 0.15) is 0 Å². The molecule has 0 fully saturated rings. The van der Waals surface area contributed by atoms with Crippen LogP contribution in [0, 0.1) is 0 Å². The fourth-order valence-electron chi connectivity index (χ4n) is 1.47. The number of benzene rings is 1. The predicted molar refractivity (Wildman–Crippen MR) is 65.9 cm³/mol. The molecule has 1 aromatic carbocycles. The third-order valence-electron chi connectivity index (χ3n) is 2.28. The van der Waals surface area contributed by atoms with Crippen molar-refractivity contribution in [3.05, 3.63) is 54.2 Å². The quantitative estimate of drug-likeness (QED) is 0.623. The van der Waals surface area contributed by atoms with Gasteiger partial charge in [-0.05, 0) is 17.8 Å². The van der Waals surface area contributed by atoms with E-state index in [2.05, 4.69) is 57.5 Å². The first-order valence-corrected chi connectivity index (χ1v) is 5.76. The molecule has 1 heterocycles. The Morgan fingerprint density at radius 3 is 2.50 bits per heavy atom. The summed E-state index contributed by atoms with van der Waals surface area (Å²) in [6.07, 6.45) is 6.05. The monoisotopic (exact) mass is 247 g/mol. The molecule has 0 aromatic heterocycles. The molecule has 70 valence electrons. The molecular weight excluding hydrogens is 237 g/mol. The molecule has 0 unspecified atom stereocenters. The fraction of sp³-hybridized carbons (Fsp3) is 0.0909. The van der Waals surface area contributed by atoms with Crippen molar-refractivity contribution in [2.45, 2.75) is 5.33 Å². The molecule has 1 aromatic rings. The lowest BCUT2D eigenvalue weighted by Gasteiger charge is -2.12. The van der Waals surface area contributed by atoms with E-state index in [-0.39, 0.29) is 0 Å². The molecule has 1 aliphatic heterocycles. The Labute approximate surface area is 93.1 Å². The summed E-state index contributed by atoms with van der Waals surface area (Å²) in [6.45, 7) is 0.323. The highest BCUT2D eigenvalue weighted by Gasteiger charge is 2.12. The van der Waals surface area contributed by atoms with Crippen LogP contribution >= 0.6 is 15.9 Å². The van der Waals surface area contributed by atoms with Gasteiger partial charge in [0.2, 0.25) is 0 Å². The van der Waals surface area contributed by atoms with Gasteiger partial charge in [-0.1, -0.05) is 57.7 Å². The van der Waals surface area contributed by atoms with Crippen LogP contribution in [0.4, 0.5) is 0 Å². The minimum absolute atomic E-state index is 0.323. The highest BCUT2D eigenvalue weighted by molar-refractivity contribution is 9.08. The molecule has 0 saturated carbocycles. The average Bonchev–Trinajstić information content (AvgIpc) is 2.30. The Bertz CT molecular complexity index is 356. The second-order valence-electron chi connectivity index (χ2n) is 3.26. The van der Waals surface area contributed by atoms with Crippen LogP contribution in [0.5, 0.6) is 0 Å². The van der Waals surface area contributed by atoms with Crippen LogP contribution < -0.4 is 10.7 Å². The third kappa shape index (κ3) is 2.10. The maximum absolute atomic E-state index is 3.44. The summed E-state index contributed by atoms with van der Waals surface area (Å²) in [7, 11) is 0. The zero-order valence-electron chi connectivity index (χ0n) is 7.78. The lowest BCUT2D eigenvalue weighted by Crippen LogP contribution is -2.41. The molecular formula is C11H11BBrN. The van der Waals surface area contributed by atoms with E-state index in [4.69, 9.17) is 0 Å². The Kier molecular flexibility index (Phi) is 3.09. The van der Waals surface area contributed by atoms with Gasteiger partial charge in [0, 0.05) is 5.33 Å². The van der Waals surface area contributed by atoms with Gasteiger partial charge in [-0.3, -0.25) is 0 Å². The van der Waals surface area contributed by atoms with Gasteiger partial charge in [-0.25, -0.2) is 0 Å². The number of nitrogens with one attached hydrogen (secondary N) is 1. The minimum Gasteiger partial charge on any atom is -0.427 e. The summed E-state index contributed by atoms with van der Waals surface area (Å²) in [5, 5.41) is 4.21. The Morgan fingerprint density at radius 1 is 1.14 bits per heavy atom. The van der Waals surface area contributed by atoms with Crippen molar-refractivity contribution in [1.82, 2.24) is 5.23 Å². The molecule has 0 atom stereocenters. The lowest BCUT2D eigenvalue weighted by molar-refractivity contribution is 1.32. The Hall–Kier alpha value is -0.955. The first kappa shape index (κ1) is 9.59. The van der Waals surface area contributed by atoms with Crippen LogP contribution in [0.15, 0.2) is 48.6 Å². The molecule has 2 rings (SSSR count). The molecule has 14 heavy (non-hydrogen) atoms. The smallest absolute Gasteiger partial charge is 0.312 e. The molecule has 0 amide bonds. The highest BCUT2D eigenvalue weighted by Crippen LogP contribution is 2.03. The molecule has 0 bridgehead atoms. The predicted octanol–water partition coefficient (Wildman–Crippen LogP) is 1.99.